The molecule has 27 heavy (non-hydrogen) atoms. The molecule has 0 aromatic heterocycles. The fourth-order valence-corrected chi connectivity index (χ4v) is 3.08. The Labute approximate surface area is 155 Å². The Bertz CT molecular complexity index is 854. The number of aliphatic hydroxyl groups is 3. The minimum atomic E-state index is -1.51. The highest BCUT2D eigenvalue weighted by molar-refractivity contribution is 5.35. The number of rotatable bonds is 4. The SMILES string of the molecule is C=C1O[C@@H](c2cc(F)cc(Cc3ccc(OC)cc3F)c2)[C@H](O)C(O)[C@@H]1O. The summed E-state index contributed by atoms with van der Waals surface area (Å²) in [4.78, 5) is 0. The van der Waals surface area contributed by atoms with Crippen molar-refractivity contribution in [3.05, 3.63) is 77.1 Å². The molecule has 4 atom stereocenters. The maximum Gasteiger partial charge on any atom is 0.152 e. The number of benzene rings is 2. The maximum atomic E-state index is 14.2. The van der Waals surface area contributed by atoms with Crippen molar-refractivity contribution in [2.45, 2.75) is 30.8 Å². The van der Waals surface area contributed by atoms with Crippen molar-refractivity contribution in [3.8, 4) is 5.75 Å². The summed E-state index contributed by atoms with van der Waals surface area (Å²) >= 11 is 0. The van der Waals surface area contributed by atoms with E-state index in [2.05, 4.69) is 6.58 Å². The summed E-state index contributed by atoms with van der Waals surface area (Å²) in [5.41, 5.74) is 1.05. The van der Waals surface area contributed by atoms with Crippen LogP contribution >= 0.6 is 0 Å². The van der Waals surface area contributed by atoms with Crippen molar-refractivity contribution >= 4 is 0 Å². The van der Waals surface area contributed by atoms with Crippen LogP contribution in [0.3, 0.4) is 0 Å². The number of ether oxygens (including phenoxy) is 2. The summed E-state index contributed by atoms with van der Waals surface area (Å²) in [6, 6.07) is 8.35. The van der Waals surface area contributed by atoms with Crippen molar-refractivity contribution in [2.24, 2.45) is 0 Å². The molecule has 3 rings (SSSR count). The van der Waals surface area contributed by atoms with E-state index < -0.39 is 36.1 Å². The molecule has 2 aromatic rings. The zero-order valence-corrected chi connectivity index (χ0v) is 14.6. The van der Waals surface area contributed by atoms with Crippen LogP contribution in [0.4, 0.5) is 8.78 Å². The van der Waals surface area contributed by atoms with Crippen LogP contribution in [0.2, 0.25) is 0 Å². The number of hydrogen-bond acceptors (Lipinski definition) is 5. The van der Waals surface area contributed by atoms with Gasteiger partial charge in [-0.3, -0.25) is 0 Å². The van der Waals surface area contributed by atoms with Gasteiger partial charge in [0.25, 0.3) is 0 Å². The van der Waals surface area contributed by atoms with Gasteiger partial charge in [0.05, 0.1) is 7.11 Å². The molecule has 7 heteroatoms. The highest BCUT2D eigenvalue weighted by Crippen LogP contribution is 2.34. The lowest BCUT2D eigenvalue weighted by atomic mass is 9.91. The number of halogens is 2. The molecule has 0 radical (unpaired) electrons. The van der Waals surface area contributed by atoms with Gasteiger partial charge in [0, 0.05) is 12.5 Å². The number of hydrogen-bond donors (Lipinski definition) is 3. The van der Waals surface area contributed by atoms with Crippen molar-refractivity contribution in [3.63, 3.8) is 0 Å². The highest BCUT2D eigenvalue weighted by Gasteiger charge is 2.41. The molecule has 1 aliphatic heterocycles. The van der Waals surface area contributed by atoms with Gasteiger partial charge >= 0.3 is 0 Å². The molecule has 1 saturated heterocycles. The monoisotopic (exact) mass is 378 g/mol. The van der Waals surface area contributed by atoms with E-state index in [1.165, 1.54) is 19.2 Å². The maximum absolute atomic E-state index is 14.2. The highest BCUT2D eigenvalue weighted by atomic mass is 19.1. The van der Waals surface area contributed by atoms with E-state index in [-0.39, 0.29) is 17.7 Å². The molecular formula is C20H20F2O5. The Morgan fingerprint density at radius 1 is 1.07 bits per heavy atom. The van der Waals surface area contributed by atoms with Gasteiger partial charge in [-0.2, -0.15) is 0 Å². The smallest absolute Gasteiger partial charge is 0.152 e. The molecule has 1 aliphatic rings. The predicted octanol–water partition coefficient (Wildman–Crippen LogP) is 2.23. The van der Waals surface area contributed by atoms with Gasteiger partial charge in [-0.1, -0.05) is 18.7 Å². The zero-order chi connectivity index (χ0) is 19.7. The van der Waals surface area contributed by atoms with Crippen LogP contribution in [-0.4, -0.2) is 40.7 Å². The molecule has 1 heterocycles. The first-order chi connectivity index (χ1) is 12.8. The lowest BCUT2D eigenvalue weighted by Gasteiger charge is -2.37. The minimum Gasteiger partial charge on any atom is -0.497 e. The van der Waals surface area contributed by atoms with Crippen molar-refractivity contribution in [1.29, 1.82) is 0 Å². The van der Waals surface area contributed by atoms with Gasteiger partial charge in [-0.25, -0.2) is 8.78 Å². The third kappa shape index (κ3) is 3.95. The topological polar surface area (TPSA) is 79.2 Å². The Kier molecular flexibility index (Phi) is 5.46. The molecule has 2 aromatic carbocycles. The van der Waals surface area contributed by atoms with Crippen LogP contribution in [0, 0.1) is 11.6 Å². The van der Waals surface area contributed by atoms with E-state index in [0.29, 0.717) is 16.9 Å². The molecule has 0 amide bonds. The van der Waals surface area contributed by atoms with E-state index >= 15 is 0 Å². The number of methoxy groups -OCH3 is 1. The first kappa shape index (κ1) is 19.3. The second-order valence-electron chi connectivity index (χ2n) is 6.46. The van der Waals surface area contributed by atoms with Crippen LogP contribution in [0.25, 0.3) is 0 Å². The average molecular weight is 378 g/mol. The first-order valence-corrected chi connectivity index (χ1v) is 8.31. The van der Waals surface area contributed by atoms with Gasteiger partial charge in [0.1, 0.15) is 41.5 Å². The van der Waals surface area contributed by atoms with E-state index in [1.54, 1.807) is 18.2 Å². The second kappa shape index (κ2) is 7.64. The Morgan fingerprint density at radius 2 is 1.81 bits per heavy atom. The van der Waals surface area contributed by atoms with Gasteiger partial charge in [-0.05, 0) is 34.9 Å². The quantitative estimate of drug-likeness (QED) is 0.761. The van der Waals surface area contributed by atoms with Crippen LogP contribution in [0.1, 0.15) is 22.8 Å². The van der Waals surface area contributed by atoms with E-state index in [9.17, 15) is 24.1 Å². The predicted molar refractivity (Wildman–Crippen MR) is 93.1 cm³/mol. The molecule has 0 bridgehead atoms. The van der Waals surface area contributed by atoms with E-state index in [4.69, 9.17) is 9.47 Å². The molecule has 144 valence electrons. The average Bonchev–Trinajstić information content (AvgIpc) is 2.64. The summed E-state index contributed by atoms with van der Waals surface area (Å²) in [5.74, 6) is -0.828. The third-order valence-electron chi connectivity index (χ3n) is 4.56. The van der Waals surface area contributed by atoms with Crippen LogP contribution < -0.4 is 4.74 Å². The minimum absolute atomic E-state index is 0.107. The van der Waals surface area contributed by atoms with Gasteiger partial charge in [0.15, 0.2) is 6.10 Å². The van der Waals surface area contributed by atoms with E-state index in [0.717, 1.165) is 6.07 Å². The molecule has 5 nitrogen and oxygen atoms in total. The molecule has 1 unspecified atom stereocenters. The van der Waals surface area contributed by atoms with Gasteiger partial charge in [0.2, 0.25) is 0 Å². The Morgan fingerprint density at radius 3 is 2.48 bits per heavy atom. The molecule has 0 spiro atoms. The molecule has 0 saturated carbocycles. The third-order valence-corrected chi connectivity index (χ3v) is 4.56. The molecule has 3 N–H and O–H groups in total. The Hall–Kier alpha value is -2.48. The summed E-state index contributed by atoms with van der Waals surface area (Å²) in [7, 11) is 1.43. The zero-order valence-electron chi connectivity index (χ0n) is 14.6. The fraction of sp³-hybridized carbons (Fsp3) is 0.300. The van der Waals surface area contributed by atoms with Crippen molar-refractivity contribution in [2.75, 3.05) is 7.11 Å². The van der Waals surface area contributed by atoms with Crippen LogP contribution in [0.15, 0.2) is 48.7 Å². The first-order valence-electron chi connectivity index (χ1n) is 8.31. The summed E-state index contributed by atoms with van der Waals surface area (Å²) in [5, 5.41) is 29.8. The molecule has 0 aliphatic carbocycles. The largest absolute Gasteiger partial charge is 0.497 e. The lowest BCUT2D eigenvalue weighted by molar-refractivity contribution is -0.157. The molecule has 1 fully saturated rings. The standard InChI is InChI=1S/C20H20F2O5/c1-10-17(23)18(24)19(25)20(27-10)13-6-11(7-14(21)8-13)5-12-3-4-15(26-2)9-16(12)22/h3-4,6-9,17-20,23-25H,1,5H2,2H3/t17-,18?,19-,20+/m1/s1. The van der Waals surface area contributed by atoms with Crippen molar-refractivity contribution in [1.82, 2.24) is 0 Å². The van der Waals surface area contributed by atoms with Crippen LogP contribution in [0.5, 0.6) is 5.75 Å². The molecular weight excluding hydrogens is 358 g/mol. The van der Waals surface area contributed by atoms with E-state index in [1.807, 2.05) is 0 Å². The van der Waals surface area contributed by atoms with Gasteiger partial charge in [-0.15, -0.1) is 0 Å². The number of aliphatic hydroxyl groups excluding tert-OH is 3. The lowest BCUT2D eigenvalue weighted by Crippen LogP contribution is -2.47. The van der Waals surface area contributed by atoms with Gasteiger partial charge < -0.3 is 24.8 Å². The summed E-state index contributed by atoms with van der Waals surface area (Å²) in [6.45, 7) is 3.50. The fourth-order valence-electron chi connectivity index (χ4n) is 3.08. The summed E-state index contributed by atoms with van der Waals surface area (Å²) in [6.07, 6.45) is -5.42. The van der Waals surface area contributed by atoms with Crippen LogP contribution in [-0.2, 0) is 11.2 Å². The normalized spacial score (nSPS) is 25.2. The Balaban J connectivity index is 1.90. The van der Waals surface area contributed by atoms with Crippen molar-refractivity contribution < 1.29 is 33.6 Å². The summed E-state index contributed by atoms with van der Waals surface area (Å²) < 4.78 is 38.6. The second-order valence-corrected chi connectivity index (χ2v) is 6.46.